The maximum absolute atomic E-state index is 12.7. The number of nitrogens with zero attached hydrogens (tertiary/aromatic N) is 1. The van der Waals surface area contributed by atoms with E-state index in [1.54, 1.807) is 13.0 Å². The van der Waals surface area contributed by atoms with Crippen molar-refractivity contribution in [1.29, 1.82) is 0 Å². The quantitative estimate of drug-likeness (QED) is 0.332. The summed E-state index contributed by atoms with van der Waals surface area (Å²) in [5.74, 6) is -1.89. The number of phosphoric acid groups is 1. The second kappa shape index (κ2) is 10.5. The van der Waals surface area contributed by atoms with Gasteiger partial charge in [-0.1, -0.05) is 27.7 Å². The molecule has 3 atom stereocenters. The van der Waals surface area contributed by atoms with Gasteiger partial charge in [0.05, 0.1) is 13.7 Å². The van der Waals surface area contributed by atoms with Gasteiger partial charge in [0.15, 0.2) is 11.5 Å². The van der Waals surface area contributed by atoms with Gasteiger partial charge in [-0.2, -0.15) is 5.10 Å². The highest BCUT2D eigenvalue weighted by Gasteiger charge is 2.42. The molecule has 11 nitrogen and oxygen atoms in total. The summed E-state index contributed by atoms with van der Waals surface area (Å²) in [6.45, 7) is 6.83. The number of methoxy groups -OCH3 is 1. The standard InChI is InChI=1S/C19H29N2O9P/c1-12-10-28-31(25,30-17(12)14(22)7-6-8-16(23)26-5)29-11-27-18(24)13-9-15(21-20-13)19(2,3)4/h9,12,17H,6-8,10-11H2,1-5H3,(H,20,21)/t12?,17-,31-/m1/s1. The molecule has 1 aromatic heterocycles. The summed E-state index contributed by atoms with van der Waals surface area (Å²) in [6.07, 6.45) is -0.599. The van der Waals surface area contributed by atoms with Gasteiger partial charge in [0.2, 0.25) is 6.79 Å². The minimum Gasteiger partial charge on any atom is -0.469 e. The summed E-state index contributed by atoms with van der Waals surface area (Å²) in [4.78, 5) is 35.7. The molecule has 0 aromatic carbocycles. The van der Waals surface area contributed by atoms with Gasteiger partial charge in [0, 0.05) is 29.9 Å². The molecule has 0 spiro atoms. The summed E-state index contributed by atoms with van der Waals surface area (Å²) in [5, 5.41) is 6.66. The number of hydrogen-bond acceptors (Lipinski definition) is 10. The zero-order chi connectivity index (χ0) is 23.2. The lowest BCUT2D eigenvalue weighted by atomic mass is 9.92. The Morgan fingerprint density at radius 3 is 2.61 bits per heavy atom. The lowest BCUT2D eigenvalue weighted by Crippen LogP contribution is -2.37. The lowest BCUT2D eigenvalue weighted by molar-refractivity contribution is -0.141. The molecule has 0 saturated carbocycles. The Morgan fingerprint density at radius 2 is 2.00 bits per heavy atom. The smallest absolute Gasteiger partial charge is 0.469 e. The maximum Gasteiger partial charge on any atom is 0.478 e. The highest BCUT2D eigenvalue weighted by molar-refractivity contribution is 7.48. The van der Waals surface area contributed by atoms with Crippen LogP contribution in [-0.4, -0.2) is 54.5 Å². The third-order valence-electron chi connectivity index (χ3n) is 4.60. The average Bonchev–Trinajstić information content (AvgIpc) is 3.20. The van der Waals surface area contributed by atoms with Gasteiger partial charge in [-0.15, -0.1) is 0 Å². The first kappa shape index (κ1) is 25.2. The average molecular weight is 460 g/mol. The number of carbonyl (C=O) groups excluding carboxylic acids is 3. The van der Waals surface area contributed by atoms with Crippen molar-refractivity contribution in [2.45, 2.75) is 58.5 Å². The fourth-order valence-electron chi connectivity index (χ4n) is 2.69. The molecule has 174 valence electrons. The predicted molar refractivity (Wildman–Crippen MR) is 107 cm³/mol. The van der Waals surface area contributed by atoms with Gasteiger partial charge in [0.1, 0.15) is 6.10 Å². The van der Waals surface area contributed by atoms with E-state index in [0.29, 0.717) is 0 Å². The van der Waals surface area contributed by atoms with E-state index in [2.05, 4.69) is 14.9 Å². The lowest BCUT2D eigenvalue weighted by Gasteiger charge is -2.32. The van der Waals surface area contributed by atoms with Crippen molar-refractivity contribution in [2.24, 2.45) is 5.92 Å². The Bertz CT molecular complexity index is 846. The summed E-state index contributed by atoms with van der Waals surface area (Å²) < 4.78 is 37.6. The van der Waals surface area contributed by atoms with Crippen LogP contribution in [0.2, 0.25) is 0 Å². The number of phosphoric ester groups is 1. The number of Topliss-reactive ketones (excluding diaryl/α,β-unsaturated/α-hetero) is 1. The zero-order valence-electron chi connectivity index (χ0n) is 18.3. The molecule has 31 heavy (non-hydrogen) atoms. The first-order valence-corrected chi connectivity index (χ1v) is 11.3. The van der Waals surface area contributed by atoms with E-state index in [-0.39, 0.29) is 48.7 Å². The van der Waals surface area contributed by atoms with Crippen LogP contribution >= 0.6 is 7.82 Å². The van der Waals surface area contributed by atoms with Gasteiger partial charge in [0.25, 0.3) is 0 Å². The van der Waals surface area contributed by atoms with E-state index >= 15 is 0 Å². The number of rotatable bonds is 9. The zero-order valence-corrected chi connectivity index (χ0v) is 19.2. The molecule has 1 unspecified atom stereocenters. The SMILES string of the molecule is COC(=O)CCCC(=O)[C@@H]1O[P@@](=O)(OCOC(=O)c2cc(C(C)(C)C)[nH]n2)OCC1C. The van der Waals surface area contributed by atoms with Crippen LogP contribution in [-0.2, 0) is 42.6 Å². The maximum atomic E-state index is 12.7. The van der Waals surface area contributed by atoms with Crippen LogP contribution in [0.5, 0.6) is 0 Å². The van der Waals surface area contributed by atoms with Gasteiger partial charge in [-0.25, -0.2) is 13.9 Å². The molecule has 12 heteroatoms. The summed E-state index contributed by atoms with van der Waals surface area (Å²) in [7, 11) is -2.84. The molecule has 0 aliphatic carbocycles. The number of ketones is 1. The Labute approximate surface area is 180 Å². The minimum atomic E-state index is -4.10. The second-order valence-corrected chi connectivity index (χ2v) is 9.86. The summed E-state index contributed by atoms with van der Waals surface area (Å²) in [5.41, 5.74) is 0.560. The largest absolute Gasteiger partial charge is 0.478 e. The Morgan fingerprint density at radius 1 is 1.29 bits per heavy atom. The van der Waals surface area contributed by atoms with Crippen LogP contribution in [0.1, 0.15) is 63.1 Å². The highest BCUT2D eigenvalue weighted by atomic mass is 31.2. The molecule has 1 aliphatic heterocycles. The molecule has 1 saturated heterocycles. The van der Waals surface area contributed by atoms with Crippen LogP contribution in [0, 0.1) is 5.92 Å². The monoisotopic (exact) mass is 460 g/mol. The number of esters is 2. The van der Waals surface area contributed by atoms with Crippen molar-refractivity contribution in [3.8, 4) is 0 Å². The molecule has 0 radical (unpaired) electrons. The highest BCUT2D eigenvalue weighted by Crippen LogP contribution is 2.54. The van der Waals surface area contributed by atoms with Gasteiger partial charge >= 0.3 is 19.8 Å². The van der Waals surface area contributed by atoms with E-state index in [0.717, 1.165) is 5.69 Å². The number of aromatic nitrogens is 2. The fraction of sp³-hybridized carbons (Fsp3) is 0.684. The Hall–Kier alpha value is -2.07. The summed E-state index contributed by atoms with van der Waals surface area (Å²) >= 11 is 0. The van der Waals surface area contributed by atoms with Crippen LogP contribution in [0.4, 0.5) is 0 Å². The van der Waals surface area contributed by atoms with Crippen LogP contribution in [0.25, 0.3) is 0 Å². The molecule has 1 aliphatic rings. The third kappa shape index (κ3) is 7.24. The molecule has 1 fully saturated rings. The second-order valence-electron chi connectivity index (χ2n) is 8.24. The molecular formula is C19H29N2O9P. The molecule has 2 heterocycles. The van der Waals surface area contributed by atoms with E-state index in [1.165, 1.54) is 7.11 Å². The molecular weight excluding hydrogens is 431 g/mol. The molecule has 2 rings (SSSR count). The van der Waals surface area contributed by atoms with Crippen molar-refractivity contribution >= 4 is 25.5 Å². The predicted octanol–water partition coefficient (Wildman–Crippen LogP) is 2.91. The van der Waals surface area contributed by atoms with Crippen molar-refractivity contribution in [1.82, 2.24) is 10.2 Å². The number of ether oxygens (including phenoxy) is 2. The van der Waals surface area contributed by atoms with Gasteiger partial charge in [-0.3, -0.25) is 23.7 Å². The number of carbonyl (C=O) groups is 3. The Kier molecular flexibility index (Phi) is 8.53. The van der Waals surface area contributed by atoms with Crippen molar-refractivity contribution in [3.05, 3.63) is 17.5 Å². The van der Waals surface area contributed by atoms with Crippen molar-refractivity contribution < 1.29 is 42.0 Å². The number of H-pyrrole nitrogens is 1. The third-order valence-corrected chi connectivity index (χ3v) is 5.97. The number of hydrogen-bond donors (Lipinski definition) is 1. The van der Waals surface area contributed by atoms with Gasteiger partial charge in [-0.05, 0) is 12.5 Å². The van der Waals surface area contributed by atoms with E-state index < -0.39 is 32.7 Å². The van der Waals surface area contributed by atoms with E-state index in [1.807, 2.05) is 20.8 Å². The number of nitrogens with one attached hydrogen (secondary N) is 1. The molecule has 1 N–H and O–H groups in total. The van der Waals surface area contributed by atoms with E-state index in [9.17, 15) is 18.9 Å². The van der Waals surface area contributed by atoms with Crippen LogP contribution < -0.4 is 0 Å². The van der Waals surface area contributed by atoms with Crippen LogP contribution in [0.15, 0.2) is 6.07 Å². The summed E-state index contributed by atoms with van der Waals surface area (Å²) in [6, 6.07) is 1.56. The number of aromatic amines is 1. The molecule has 0 amide bonds. The molecule has 0 bridgehead atoms. The van der Waals surface area contributed by atoms with Crippen molar-refractivity contribution in [3.63, 3.8) is 0 Å². The topological polar surface area (TPSA) is 143 Å². The van der Waals surface area contributed by atoms with Crippen LogP contribution in [0.3, 0.4) is 0 Å². The van der Waals surface area contributed by atoms with Gasteiger partial charge < -0.3 is 9.47 Å². The normalized spacial score (nSPS) is 23.9. The first-order chi connectivity index (χ1) is 14.4. The first-order valence-electron chi connectivity index (χ1n) is 9.85. The fourth-order valence-corrected chi connectivity index (χ4v) is 4.09. The Balaban J connectivity index is 1.86. The minimum absolute atomic E-state index is 0.0348. The van der Waals surface area contributed by atoms with E-state index in [4.69, 9.17) is 18.3 Å². The van der Waals surface area contributed by atoms with Crippen molar-refractivity contribution in [2.75, 3.05) is 20.5 Å². The molecule has 1 aromatic rings.